The van der Waals surface area contributed by atoms with Crippen LogP contribution in [0.3, 0.4) is 0 Å². The number of aliphatic hydroxyl groups is 1. The summed E-state index contributed by atoms with van der Waals surface area (Å²) in [6.45, 7) is 1.01. The summed E-state index contributed by atoms with van der Waals surface area (Å²) in [5.41, 5.74) is 3.60. The molecule has 0 saturated carbocycles. The van der Waals surface area contributed by atoms with Crippen molar-refractivity contribution >= 4 is 15.9 Å². The lowest BCUT2D eigenvalue weighted by atomic mass is 9.97. The van der Waals surface area contributed by atoms with Gasteiger partial charge in [0.15, 0.2) is 0 Å². The van der Waals surface area contributed by atoms with Gasteiger partial charge in [0.1, 0.15) is 17.7 Å². The molecular formula is C30H28FN3O5S. The highest BCUT2D eigenvalue weighted by Gasteiger charge is 2.22. The number of aryl methyl sites for hydroxylation is 1. The van der Waals surface area contributed by atoms with Gasteiger partial charge in [0.25, 0.3) is 15.9 Å². The summed E-state index contributed by atoms with van der Waals surface area (Å²) in [5, 5.41) is 13.6. The minimum atomic E-state index is -4.10. The quantitative estimate of drug-likeness (QED) is 0.283. The maximum Gasteiger partial charge on any atom is 0.265 e. The molecular weight excluding hydrogens is 533 g/mol. The van der Waals surface area contributed by atoms with Crippen LogP contribution in [0.1, 0.15) is 34.0 Å². The van der Waals surface area contributed by atoms with Gasteiger partial charge in [-0.15, -0.1) is 0 Å². The molecule has 3 N–H and O–H groups in total. The van der Waals surface area contributed by atoms with Gasteiger partial charge >= 0.3 is 0 Å². The molecule has 0 unspecified atom stereocenters. The van der Waals surface area contributed by atoms with Crippen molar-refractivity contribution in [3.63, 3.8) is 0 Å². The molecule has 206 valence electrons. The first-order chi connectivity index (χ1) is 19.3. The number of sulfonamides is 1. The maximum atomic E-state index is 13.1. The Morgan fingerprint density at radius 1 is 1.05 bits per heavy atom. The standard InChI is InChI=1S/C30H28FN3O5S/c31-25-9-3-21(4-10-25)30(36)34-40(37,38)27-12-6-20(7-13-27)22-8-14-29-23(16-22)5-11-26(39-29)18-33-19-28(35)24-2-1-15-32-17-24/h1-4,6-10,12-17,26,28,33,35H,5,11,18-19H2,(H,34,36)/t26-,28-/m1/s1. The highest BCUT2D eigenvalue weighted by molar-refractivity contribution is 7.90. The molecule has 3 aromatic carbocycles. The number of pyridine rings is 1. The molecule has 8 nitrogen and oxygen atoms in total. The third-order valence-electron chi connectivity index (χ3n) is 6.70. The summed E-state index contributed by atoms with van der Waals surface area (Å²) in [5.74, 6) is -0.553. The first kappa shape index (κ1) is 27.4. The average molecular weight is 562 g/mol. The third-order valence-corrected chi connectivity index (χ3v) is 8.05. The molecule has 0 spiro atoms. The van der Waals surface area contributed by atoms with Crippen LogP contribution < -0.4 is 14.8 Å². The Balaban J connectivity index is 1.18. The highest BCUT2D eigenvalue weighted by atomic mass is 32.2. The molecule has 1 aromatic heterocycles. The van der Waals surface area contributed by atoms with E-state index in [1.165, 1.54) is 24.3 Å². The van der Waals surface area contributed by atoms with E-state index in [1.807, 2.05) is 29.0 Å². The molecule has 0 aliphatic carbocycles. The molecule has 1 aliphatic heterocycles. The second-order valence-electron chi connectivity index (χ2n) is 9.53. The number of aliphatic hydroxyl groups excluding tert-OH is 1. The molecule has 2 heterocycles. The van der Waals surface area contributed by atoms with E-state index in [2.05, 4.69) is 10.3 Å². The second-order valence-corrected chi connectivity index (χ2v) is 11.2. The number of carbonyl (C=O) groups excluding carboxylic acids is 1. The van der Waals surface area contributed by atoms with E-state index in [0.717, 1.165) is 53.0 Å². The fourth-order valence-corrected chi connectivity index (χ4v) is 5.48. The molecule has 1 amide bonds. The van der Waals surface area contributed by atoms with Gasteiger partial charge in [-0.2, -0.15) is 0 Å². The summed E-state index contributed by atoms with van der Waals surface area (Å²) < 4.78 is 46.6. The van der Waals surface area contributed by atoms with Crippen LogP contribution >= 0.6 is 0 Å². The summed E-state index contributed by atoms with van der Waals surface area (Å²) >= 11 is 0. The van der Waals surface area contributed by atoms with Gasteiger partial charge < -0.3 is 15.2 Å². The number of carbonyl (C=O) groups is 1. The third kappa shape index (κ3) is 6.53. The van der Waals surface area contributed by atoms with E-state index >= 15 is 0 Å². The number of halogens is 1. The zero-order chi connectivity index (χ0) is 28.1. The Kier molecular flexibility index (Phi) is 8.20. The zero-order valence-electron chi connectivity index (χ0n) is 21.5. The molecule has 4 aromatic rings. The first-order valence-electron chi connectivity index (χ1n) is 12.8. The lowest BCUT2D eigenvalue weighted by molar-refractivity contribution is 0.0981. The average Bonchev–Trinajstić information content (AvgIpc) is 2.97. The molecule has 5 rings (SSSR count). The van der Waals surface area contributed by atoms with Crippen molar-refractivity contribution in [1.82, 2.24) is 15.0 Å². The smallest absolute Gasteiger partial charge is 0.265 e. The van der Waals surface area contributed by atoms with Crippen LogP contribution in [0, 0.1) is 5.82 Å². The van der Waals surface area contributed by atoms with Crippen molar-refractivity contribution in [3.8, 4) is 16.9 Å². The number of amides is 1. The van der Waals surface area contributed by atoms with Crippen molar-refractivity contribution in [2.24, 2.45) is 0 Å². The maximum absolute atomic E-state index is 13.1. The largest absolute Gasteiger partial charge is 0.489 e. The Hall–Kier alpha value is -4.12. The fourth-order valence-electron chi connectivity index (χ4n) is 4.51. The van der Waals surface area contributed by atoms with Crippen LogP contribution in [0.2, 0.25) is 0 Å². The van der Waals surface area contributed by atoms with Crippen LogP contribution in [-0.4, -0.2) is 43.6 Å². The van der Waals surface area contributed by atoms with E-state index in [9.17, 15) is 22.7 Å². The predicted octanol–water partition coefficient (Wildman–Crippen LogP) is 4.02. The van der Waals surface area contributed by atoms with E-state index in [-0.39, 0.29) is 16.6 Å². The van der Waals surface area contributed by atoms with Crippen molar-refractivity contribution in [2.45, 2.75) is 29.9 Å². The number of nitrogens with one attached hydrogen (secondary N) is 2. The second kappa shape index (κ2) is 12.0. The molecule has 1 aliphatic rings. The zero-order valence-corrected chi connectivity index (χ0v) is 22.3. The van der Waals surface area contributed by atoms with Gasteiger partial charge in [-0.25, -0.2) is 17.5 Å². The number of aromatic nitrogens is 1. The topological polar surface area (TPSA) is 118 Å². The number of benzene rings is 3. The molecule has 0 bridgehead atoms. The van der Waals surface area contributed by atoms with Gasteiger partial charge in [-0.05, 0) is 84.1 Å². The highest BCUT2D eigenvalue weighted by Crippen LogP contribution is 2.32. The van der Waals surface area contributed by atoms with Gasteiger partial charge in [0.2, 0.25) is 0 Å². The van der Waals surface area contributed by atoms with Crippen LogP contribution in [0.15, 0.2) is 96.2 Å². The minimum absolute atomic E-state index is 0.0194. The minimum Gasteiger partial charge on any atom is -0.489 e. The predicted molar refractivity (Wildman–Crippen MR) is 148 cm³/mol. The van der Waals surface area contributed by atoms with Gasteiger partial charge in [0, 0.05) is 36.6 Å². The lowest BCUT2D eigenvalue weighted by Gasteiger charge is -2.27. The summed E-state index contributed by atoms with van der Waals surface area (Å²) in [7, 11) is -4.10. The normalized spacial score (nSPS) is 15.5. The van der Waals surface area contributed by atoms with E-state index in [1.54, 1.807) is 30.6 Å². The van der Waals surface area contributed by atoms with Crippen LogP contribution in [0.5, 0.6) is 5.75 Å². The number of ether oxygens (including phenoxy) is 1. The van der Waals surface area contributed by atoms with Crippen LogP contribution in [0.25, 0.3) is 11.1 Å². The summed E-state index contributed by atoms with van der Waals surface area (Å²) in [6.07, 6.45) is 4.30. The number of hydrogen-bond acceptors (Lipinski definition) is 7. The molecule has 10 heteroatoms. The number of hydrogen-bond donors (Lipinski definition) is 3. The summed E-state index contributed by atoms with van der Waals surface area (Å²) in [6, 6.07) is 20.4. The van der Waals surface area contributed by atoms with E-state index in [4.69, 9.17) is 4.74 Å². The van der Waals surface area contributed by atoms with Crippen molar-refractivity contribution in [3.05, 3.63) is 114 Å². The first-order valence-corrected chi connectivity index (χ1v) is 14.3. The molecule has 0 radical (unpaired) electrons. The summed E-state index contributed by atoms with van der Waals surface area (Å²) in [4.78, 5) is 16.3. The number of rotatable bonds is 9. The molecule has 0 fully saturated rings. The van der Waals surface area contributed by atoms with E-state index in [0.29, 0.717) is 13.1 Å². The molecule has 40 heavy (non-hydrogen) atoms. The lowest BCUT2D eigenvalue weighted by Crippen LogP contribution is -2.36. The SMILES string of the molecule is O=C(NS(=O)(=O)c1ccc(-c2ccc3c(c2)CC[C@H](CNC[C@@H](O)c2cccnc2)O3)cc1)c1ccc(F)cc1. The Bertz CT molecular complexity index is 1580. The fraction of sp³-hybridized carbons (Fsp3) is 0.200. The Morgan fingerprint density at radius 2 is 1.80 bits per heavy atom. The van der Waals surface area contributed by atoms with Crippen LogP contribution in [-0.2, 0) is 16.4 Å². The van der Waals surface area contributed by atoms with Gasteiger partial charge in [0.05, 0.1) is 11.0 Å². The monoisotopic (exact) mass is 561 g/mol. The van der Waals surface area contributed by atoms with E-state index < -0.39 is 27.9 Å². The Labute approximate surface area is 231 Å². The molecule has 2 atom stereocenters. The van der Waals surface area contributed by atoms with Gasteiger partial charge in [-0.1, -0.05) is 24.3 Å². The van der Waals surface area contributed by atoms with Crippen molar-refractivity contribution < 1.29 is 27.4 Å². The number of fused-ring (bicyclic) bond motifs is 1. The van der Waals surface area contributed by atoms with Crippen molar-refractivity contribution in [2.75, 3.05) is 13.1 Å². The Morgan fingerprint density at radius 3 is 2.52 bits per heavy atom. The number of nitrogens with zero attached hydrogens (tertiary/aromatic N) is 1. The van der Waals surface area contributed by atoms with Gasteiger partial charge in [-0.3, -0.25) is 9.78 Å². The van der Waals surface area contributed by atoms with Crippen LogP contribution in [0.4, 0.5) is 4.39 Å². The molecule has 0 saturated heterocycles. The van der Waals surface area contributed by atoms with Crippen molar-refractivity contribution in [1.29, 1.82) is 0 Å².